The van der Waals surface area contributed by atoms with Gasteiger partial charge in [0, 0.05) is 60.3 Å². The van der Waals surface area contributed by atoms with Crippen LogP contribution >= 0.6 is 0 Å². The molecule has 43 heavy (non-hydrogen) atoms. The molecule has 1 aliphatic heterocycles. The lowest BCUT2D eigenvalue weighted by Gasteiger charge is -2.53. The second kappa shape index (κ2) is 13.0. The number of ether oxygens (including phenoxy) is 3. The van der Waals surface area contributed by atoms with E-state index < -0.39 is 18.0 Å². The van der Waals surface area contributed by atoms with Gasteiger partial charge >= 0.3 is 6.61 Å². The van der Waals surface area contributed by atoms with Crippen molar-refractivity contribution in [3.63, 3.8) is 0 Å². The van der Waals surface area contributed by atoms with Gasteiger partial charge in [-0.1, -0.05) is 44.7 Å². The van der Waals surface area contributed by atoms with Gasteiger partial charge in [0.05, 0.1) is 7.11 Å². The van der Waals surface area contributed by atoms with E-state index in [9.17, 15) is 8.78 Å². The van der Waals surface area contributed by atoms with Crippen LogP contribution < -0.4 is 15.2 Å². The lowest BCUT2D eigenvalue weighted by molar-refractivity contribution is -0.139. The van der Waals surface area contributed by atoms with Crippen LogP contribution in [-0.4, -0.2) is 59.5 Å². The van der Waals surface area contributed by atoms with E-state index in [4.69, 9.17) is 19.9 Å². The summed E-state index contributed by atoms with van der Waals surface area (Å²) in [7, 11) is 1.70. The Bertz CT molecular complexity index is 1410. The SMILES string of the molecule is C=C(c1cc(C2=CC(OC)=C[C@H](CC)C=C2)[nH]c1C)N1CCN(C(C)(N)Oc2c(CC)cccc2OC(F)F)C(C)(C)C1. The van der Waals surface area contributed by atoms with Crippen molar-refractivity contribution in [3.05, 3.63) is 83.4 Å². The number of halogens is 2. The van der Waals surface area contributed by atoms with Gasteiger partial charge in [0.25, 0.3) is 0 Å². The van der Waals surface area contributed by atoms with Crippen molar-refractivity contribution in [1.82, 2.24) is 14.8 Å². The van der Waals surface area contributed by atoms with Crippen LogP contribution in [0.5, 0.6) is 11.5 Å². The number of hydrogen-bond donors (Lipinski definition) is 2. The number of piperazine rings is 1. The molecule has 1 aromatic heterocycles. The normalized spacial score (nSPS) is 20.3. The largest absolute Gasteiger partial charge is 0.497 e. The second-order valence-corrected chi connectivity index (χ2v) is 12.0. The third-order valence-corrected chi connectivity index (χ3v) is 8.33. The summed E-state index contributed by atoms with van der Waals surface area (Å²) in [5.74, 6) is 0.0992. The first-order valence-corrected chi connectivity index (χ1v) is 14.9. The van der Waals surface area contributed by atoms with Crippen molar-refractivity contribution < 1.29 is 23.0 Å². The van der Waals surface area contributed by atoms with Gasteiger partial charge < -0.3 is 24.1 Å². The minimum absolute atomic E-state index is 0.0217. The second-order valence-electron chi connectivity index (χ2n) is 12.0. The number of rotatable bonds is 11. The molecule has 2 atom stereocenters. The molecule has 3 N–H and O–H groups in total. The fourth-order valence-corrected chi connectivity index (χ4v) is 6.09. The van der Waals surface area contributed by atoms with Crippen LogP contribution in [0.2, 0.25) is 0 Å². The van der Waals surface area contributed by atoms with Crippen molar-refractivity contribution in [2.24, 2.45) is 11.7 Å². The summed E-state index contributed by atoms with van der Waals surface area (Å²) < 4.78 is 43.1. The summed E-state index contributed by atoms with van der Waals surface area (Å²) in [4.78, 5) is 7.88. The van der Waals surface area contributed by atoms with E-state index in [1.807, 2.05) is 13.0 Å². The van der Waals surface area contributed by atoms with E-state index in [2.05, 4.69) is 79.4 Å². The summed E-state index contributed by atoms with van der Waals surface area (Å²) in [5.41, 5.74) is 12.2. The average Bonchev–Trinajstić information content (AvgIpc) is 3.20. The van der Waals surface area contributed by atoms with Gasteiger partial charge in [-0.25, -0.2) is 4.90 Å². The van der Waals surface area contributed by atoms with E-state index in [0.717, 1.165) is 46.0 Å². The Morgan fingerprint density at radius 3 is 2.63 bits per heavy atom. The molecule has 2 heterocycles. The van der Waals surface area contributed by atoms with Crippen LogP contribution in [0, 0.1) is 12.8 Å². The van der Waals surface area contributed by atoms with E-state index >= 15 is 0 Å². The highest BCUT2D eigenvalue weighted by Gasteiger charge is 2.45. The van der Waals surface area contributed by atoms with Gasteiger partial charge in [0.2, 0.25) is 5.85 Å². The number of aryl methyl sites for hydroxylation is 2. The van der Waals surface area contributed by atoms with Crippen molar-refractivity contribution in [1.29, 1.82) is 0 Å². The molecule has 1 aliphatic carbocycles. The topological polar surface area (TPSA) is 76.0 Å². The molecule has 1 unspecified atom stereocenters. The number of alkyl halides is 2. The zero-order valence-corrected chi connectivity index (χ0v) is 26.5. The maximum absolute atomic E-state index is 13.2. The maximum atomic E-state index is 13.2. The maximum Gasteiger partial charge on any atom is 0.387 e. The van der Waals surface area contributed by atoms with Gasteiger partial charge in [-0.15, -0.1) is 0 Å². The Morgan fingerprint density at radius 2 is 2.00 bits per heavy atom. The lowest BCUT2D eigenvalue weighted by atomic mass is 9.96. The molecular weight excluding hydrogens is 550 g/mol. The minimum atomic E-state index is -2.97. The van der Waals surface area contributed by atoms with Gasteiger partial charge in [-0.2, -0.15) is 8.78 Å². The van der Waals surface area contributed by atoms with E-state index in [-0.39, 0.29) is 11.5 Å². The summed E-state index contributed by atoms with van der Waals surface area (Å²) in [6.07, 6.45) is 10.1. The molecule has 0 saturated carbocycles. The number of nitrogens with one attached hydrogen (secondary N) is 1. The molecule has 1 saturated heterocycles. The van der Waals surface area contributed by atoms with Crippen LogP contribution in [0.25, 0.3) is 11.3 Å². The van der Waals surface area contributed by atoms with Crippen molar-refractivity contribution in [2.75, 3.05) is 26.7 Å². The Hall–Kier alpha value is -3.56. The third-order valence-electron chi connectivity index (χ3n) is 8.33. The third kappa shape index (κ3) is 7.16. The molecule has 1 aromatic carbocycles. The molecule has 0 radical (unpaired) electrons. The van der Waals surface area contributed by atoms with Crippen LogP contribution in [0.3, 0.4) is 0 Å². The zero-order valence-electron chi connectivity index (χ0n) is 26.5. The number of nitrogens with two attached hydrogens (primary N) is 1. The molecule has 2 aliphatic rings. The number of para-hydroxylation sites is 1. The molecule has 1 fully saturated rings. The number of benzene rings is 1. The molecule has 7 nitrogen and oxygen atoms in total. The molecule has 2 aromatic rings. The summed E-state index contributed by atoms with van der Waals surface area (Å²) in [6.45, 7) is 15.5. The standard InChI is InChI=1S/C34H46F2N4O3/c1-9-24-14-15-26(19-27(18-24)41-8)29-20-28(22(3)38-29)23(4)39-16-17-40(33(5,6)21-39)34(7,37)43-31-25(10-2)12-11-13-30(31)42-32(35)36/h11-15,18-20,24,32,38H,4,9-10,16-17,21,37H2,1-3,5-8H3/t24-,34?/m1/s1. The highest BCUT2D eigenvalue weighted by atomic mass is 19.3. The Labute approximate surface area is 254 Å². The molecular formula is C34H46F2N4O3. The molecule has 234 valence electrons. The number of H-pyrrole nitrogens is 1. The van der Waals surface area contributed by atoms with Crippen LogP contribution in [0.1, 0.15) is 63.6 Å². The summed E-state index contributed by atoms with van der Waals surface area (Å²) >= 11 is 0. The van der Waals surface area contributed by atoms with Crippen molar-refractivity contribution in [2.45, 2.75) is 72.4 Å². The smallest absolute Gasteiger partial charge is 0.387 e. The Morgan fingerprint density at radius 1 is 1.26 bits per heavy atom. The van der Waals surface area contributed by atoms with Gasteiger partial charge in [-0.3, -0.25) is 5.73 Å². The van der Waals surface area contributed by atoms with Crippen molar-refractivity contribution >= 4 is 11.3 Å². The molecule has 9 heteroatoms. The minimum Gasteiger partial charge on any atom is -0.497 e. The predicted molar refractivity (Wildman–Crippen MR) is 169 cm³/mol. The Balaban J connectivity index is 1.53. The molecule has 0 bridgehead atoms. The fourth-order valence-electron chi connectivity index (χ4n) is 6.09. The van der Waals surface area contributed by atoms with Crippen molar-refractivity contribution in [3.8, 4) is 11.5 Å². The number of hydrogen-bond acceptors (Lipinski definition) is 6. The van der Waals surface area contributed by atoms with E-state index in [1.54, 1.807) is 20.1 Å². The number of allylic oxidation sites excluding steroid dienone is 5. The number of methoxy groups -OCH3 is 1. The van der Waals surface area contributed by atoms with E-state index in [1.165, 1.54) is 6.07 Å². The fraction of sp³-hybridized carbons (Fsp3) is 0.471. The Kier molecular flexibility index (Phi) is 9.76. The number of aromatic amines is 1. The lowest BCUT2D eigenvalue weighted by Crippen LogP contribution is -2.70. The average molecular weight is 597 g/mol. The number of aromatic nitrogens is 1. The highest BCUT2D eigenvalue weighted by molar-refractivity contribution is 5.78. The van der Waals surface area contributed by atoms with E-state index in [0.29, 0.717) is 32.0 Å². The molecule has 0 amide bonds. The quantitative estimate of drug-likeness (QED) is 0.270. The zero-order chi connectivity index (χ0) is 31.5. The first kappa shape index (κ1) is 32.4. The monoisotopic (exact) mass is 596 g/mol. The van der Waals surface area contributed by atoms with Crippen LogP contribution in [-0.2, 0) is 11.2 Å². The summed E-state index contributed by atoms with van der Waals surface area (Å²) in [6, 6.07) is 7.14. The van der Waals surface area contributed by atoms with Gasteiger partial charge in [0.15, 0.2) is 11.5 Å². The first-order valence-electron chi connectivity index (χ1n) is 14.9. The van der Waals surface area contributed by atoms with Crippen LogP contribution in [0.4, 0.5) is 8.78 Å². The highest BCUT2D eigenvalue weighted by Crippen LogP contribution is 2.38. The van der Waals surface area contributed by atoms with Gasteiger partial charge in [-0.05, 0) is 69.4 Å². The summed E-state index contributed by atoms with van der Waals surface area (Å²) in [5, 5.41) is 0. The van der Waals surface area contributed by atoms with Crippen LogP contribution in [0.15, 0.2) is 60.9 Å². The predicted octanol–water partition coefficient (Wildman–Crippen LogP) is 7.07. The first-order chi connectivity index (χ1) is 20.3. The van der Waals surface area contributed by atoms with Gasteiger partial charge in [0.1, 0.15) is 5.76 Å². The molecule has 0 spiro atoms. The number of nitrogens with zero attached hydrogens (tertiary/aromatic N) is 2. The molecule has 4 rings (SSSR count).